The van der Waals surface area contributed by atoms with E-state index in [9.17, 15) is 4.79 Å². The maximum absolute atomic E-state index is 11.9. The average molecular weight is 353 g/mol. The molecule has 1 unspecified atom stereocenters. The lowest BCUT2D eigenvalue weighted by atomic mass is 10.2. The molecule has 23 heavy (non-hydrogen) atoms. The van der Waals surface area contributed by atoms with Gasteiger partial charge >= 0.3 is 0 Å². The minimum atomic E-state index is 0.0358. The van der Waals surface area contributed by atoms with Crippen LogP contribution in [0.1, 0.15) is 32.1 Å². The SMILES string of the molecule is CC(NC(=O)CCc1ncc(-c2ccc(Cl)cc2Cl)o1)C1CC1. The largest absolute Gasteiger partial charge is 0.441 e. The van der Waals surface area contributed by atoms with Crippen LogP contribution in [0.3, 0.4) is 0 Å². The number of halogens is 2. The minimum Gasteiger partial charge on any atom is -0.441 e. The summed E-state index contributed by atoms with van der Waals surface area (Å²) < 4.78 is 5.69. The summed E-state index contributed by atoms with van der Waals surface area (Å²) in [6, 6.07) is 5.46. The molecule has 0 aliphatic heterocycles. The summed E-state index contributed by atoms with van der Waals surface area (Å²) in [6.07, 6.45) is 4.88. The predicted molar refractivity (Wildman–Crippen MR) is 90.6 cm³/mol. The van der Waals surface area contributed by atoms with Gasteiger partial charge < -0.3 is 9.73 Å². The van der Waals surface area contributed by atoms with Crippen molar-refractivity contribution in [2.75, 3.05) is 0 Å². The summed E-state index contributed by atoms with van der Waals surface area (Å²) in [5.74, 6) is 1.79. The molecule has 0 saturated heterocycles. The van der Waals surface area contributed by atoms with E-state index >= 15 is 0 Å². The number of nitrogens with zero attached hydrogens (tertiary/aromatic N) is 1. The first kappa shape index (κ1) is 16.3. The van der Waals surface area contributed by atoms with Gasteiger partial charge in [-0.3, -0.25) is 4.79 Å². The van der Waals surface area contributed by atoms with E-state index in [2.05, 4.69) is 17.2 Å². The van der Waals surface area contributed by atoms with Crippen LogP contribution >= 0.6 is 23.2 Å². The molecule has 1 heterocycles. The van der Waals surface area contributed by atoms with Gasteiger partial charge in [0.1, 0.15) is 0 Å². The number of oxazole rings is 1. The van der Waals surface area contributed by atoms with E-state index in [0.29, 0.717) is 40.5 Å². The van der Waals surface area contributed by atoms with Gasteiger partial charge in [0.25, 0.3) is 0 Å². The Kier molecular flexibility index (Phi) is 4.93. The lowest BCUT2D eigenvalue weighted by Crippen LogP contribution is -2.34. The molecule has 122 valence electrons. The van der Waals surface area contributed by atoms with Crippen molar-refractivity contribution >= 4 is 29.1 Å². The Balaban J connectivity index is 1.57. The second-order valence-electron chi connectivity index (χ2n) is 5.94. The molecule has 1 aromatic carbocycles. The standard InChI is InChI=1S/C17H18Cl2N2O2/c1-10(11-2-3-11)21-16(22)6-7-17-20-9-15(23-17)13-5-4-12(18)8-14(13)19/h4-5,8-11H,2-3,6-7H2,1H3,(H,21,22). The molecule has 0 bridgehead atoms. The third kappa shape index (κ3) is 4.27. The summed E-state index contributed by atoms with van der Waals surface area (Å²) >= 11 is 12.0. The third-order valence-electron chi connectivity index (χ3n) is 4.03. The first-order valence-corrected chi connectivity index (χ1v) is 8.48. The Labute approximate surface area is 145 Å². The average Bonchev–Trinajstić information content (AvgIpc) is 3.25. The van der Waals surface area contributed by atoms with Crippen LogP contribution in [0, 0.1) is 5.92 Å². The Morgan fingerprint density at radius 1 is 1.43 bits per heavy atom. The lowest BCUT2D eigenvalue weighted by molar-refractivity contribution is -0.121. The summed E-state index contributed by atoms with van der Waals surface area (Å²) in [5.41, 5.74) is 0.738. The van der Waals surface area contributed by atoms with E-state index in [1.165, 1.54) is 12.8 Å². The number of carbonyl (C=O) groups is 1. The molecule has 1 aromatic heterocycles. The monoisotopic (exact) mass is 352 g/mol. The van der Waals surface area contributed by atoms with Gasteiger partial charge in [-0.05, 0) is 43.9 Å². The van der Waals surface area contributed by atoms with Crippen LogP contribution in [0.4, 0.5) is 0 Å². The highest BCUT2D eigenvalue weighted by Gasteiger charge is 2.28. The lowest BCUT2D eigenvalue weighted by Gasteiger charge is -2.11. The number of amides is 1. The van der Waals surface area contributed by atoms with Crippen LogP contribution in [-0.4, -0.2) is 16.9 Å². The maximum atomic E-state index is 11.9. The molecule has 0 spiro atoms. The fraction of sp³-hybridized carbons (Fsp3) is 0.412. The molecule has 1 fully saturated rings. The van der Waals surface area contributed by atoms with Crippen LogP contribution in [0.25, 0.3) is 11.3 Å². The highest BCUT2D eigenvalue weighted by molar-refractivity contribution is 6.36. The van der Waals surface area contributed by atoms with E-state index in [-0.39, 0.29) is 11.9 Å². The molecule has 1 aliphatic carbocycles. The fourth-order valence-corrected chi connectivity index (χ4v) is 3.00. The Morgan fingerprint density at radius 2 is 2.22 bits per heavy atom. The second-order valence-corrected chi connectivity index (χ2v) is 6.78. The summed E-state index contributed by atoms with van der Waals surface area (Å²) in [7, 11) is 0. The van der Waals surface area contributed by atoms with Gasteiger partial charge in [0, 0.05) is 29.5 Å². The van der Waals surface area contributed by atoms with Crippen molar-refractivity contribution in [2.45, 2.75) is 38.6 Å². The van der Waals surface area contributed by atoms with Gasteiger partial charge in [0.15, 0.2) is 11.7 Å². The fourth-order valence-electron chi connectivity index (χ4n) is 2.50. The number of carbonyl (C=O) groups excluding carboxylic acids is 1. The van der Waals surface area contributed by atoms with Crippen LogP contribution < -0.4 is 5.32 Å². The number of nitrogens with one attached hydrogen (secondary N) is 1. The molecule has 2 aromatic rings. The molecule has 1 amide bonds. The zero-order valence-electron chi connectivity index (χ0n) is 12.8. The normalized spacial score (nSPS) is 15.4. The summed E-state index contributed by atoms with van der Waals surface area (Å²) in [5, 5.41) is 4.10. The number of rotatable bonds is 6. The molecule has 1 saturated carbocycles. The smallest absolute Gasteiger partial charge is 0.220 e. The summed E-state index contributed by atoms with van der Waals surface area (Å²) in [6.45, 7) is 2.06. The van der Waals surface area contributed by atoms with Gasteiger partial charge in [0.2, 0.25) is 5.91 Å². The number of aromatic nitrogens is 1. The van der Waals surface area contributed by atoms with Gasteiger partial charge in [-0.25, -0.2) is 4.98 Å². The van der Waals surface area contributed by atoms with Gasteiger partial charge in [-0.1, -0.05) is 23.2 Å². The van der Waals surface area contributed by atoms with Crippen LogP contribution in [0.15, 0.2) is 28.8 Å². The van der Waals surface area contributed by atoms with Crippen molar-refractivity contribution < 1.29 is 9.21 Å². The van der Waals surface area contributed by atoms with Crippen molar-refractivity contribution in [1.82, 2.24) is 10.3 Å². The maximum Gasteiger partial charge on any atom is 0.220 e. The Bertz CT molecular complexity index is 710. The quantitative estimate of drug-likeness (QED) is 0.832. The number of benzene rings is 1. The number of hydrogen-bond acceptors (Lipinski definition) is 3. The molecule has 3 rings (SSSR count). The topological polar surface area (TPSA) is 55.1 Å². The zero-order chi connectivity index (χ0) is 16.4. The molecule has 0 radical (unpaired) electrons. The highest BCUT2D eigenvalue weighted by Crippen LogP contribution is 2.32. The van der Waals surface area contributed by atoms with Gasteiger partial charge in [-0.15, -0.1) is 0 Å². The predicted octanol–water partition coefficient (Wildman–Crippen LogP) is 4.50. The third-order valence-corrected chi connectivity index (χ3v) is 4.58. The molecule has 4 nitrogen and oxygen atoms in total. The van der Waals surface area contributed by atoms with E-state index < -0.39 is 0 Å². The highest BCUT2D eigenvalue weighted by atomic mass is 35.5. The second kappa shape index (κ2) is 6.93. The van der Waals surface area contributed by atoms with E-state index in [1.807, 2.05) is 0 Å². The molecular weight excluding hydrogens is 335 g/mol. The first-order chi connectivity index (χ1) is 11.0. The molecule has 6 heteroatoms. The van der Waals surface area contributed by atoms with Crippen molar-refractivity contribution in [3.8, 4) is 11.3 Å². The van der Waals surface area contributed by atoms with Crippen LogP contribution in [0.5, 0.6) is 0 Å². The number of hydrogen-bond donors (Lipinski definition) is 1. The van der Waals surface area contributed by atoms with E-state index in [0.717, 1.165) is 5.56 Å². The van der Waals surface area contributed by atoms with Crippen molar-refractivity contribution in [1.29, 1.82) is 0 Å². The Morgan fingerprint density at radius 3 is 2.91 bits per heavy atom. The van der Waals surface area contributed by atoms with E-state index in [1.54, 1.807) is 24.4 Å². The molecular formula is C17H18Cl2N2O2. The van der Waals surface area contributed by atoms with Crippen molar-refractivity contribution in [3.63, 3.8) is 0 Å². The molecule has 1 atom stereocenters. The zero-order valence-corrected chi connectivity index (χ0v) is 14.3. The first-order valence-electron chi connectivity index (χ1n) is 7.72. The Hall–Kier alpha value is -1.52. The van der Waals surface area contributed by atoms with Crippen molar-refractivity contribution in [3.05, 3.63) is 40.3 Å². The molecule has 1 N–H and O–H groups in total. The van der Waals surface area contributed by atoms with Gasteiger partial charge in [-0.2, -0.15) is 0 Å². The van der Waals surface area contributed by atoms with Crippen LogP contribution in [0.2, 0.25) is 10.0 Å². The van der Waals surface area contributed by atoms with E-state index in [4.69, 9.17) is 27.6 Å². The minimum absolute atomic E-state index is 0.0358. The number of aryl methyl sites for hydroxylation is 1. The summed E-state index contributed by atoms with van der Waals surface area (Å²) in [4.78, 5) is 16.1. The molecule has 1 aliphatic rings. The van der Waals surface area contributed by atoms with Gasteiger partial charge in [0.05, 0.1) is 11.2 Å². The van der Waals surface area contributed by atoms with Crippen LogP contribution in [-0.2, 0) is 11.2 Å². The van der Waals surface area contributed by atoms with Crippen molar-refractivity contribution in [2.24, 2.45) is 5.92 Å².